The summed E-state index contributed by atoms with van der Waals surface area (Å²) in [5, 5.41) is 6.11. The van der Waals surface area contributed by atoms with E-state index in [1.807, 2.05) is 12.1 Å². The molecule has 1 saturated heterocycles. The van der Waals surface area contributed by atoms with Crippen molar-refractivity contribution in [2.45, 2.75) is 80.8 Å². The predicted molar refractivity (Wildman–Crippen MR) is 135 cm³/mol. The molecule has 2 aromatic carbocycles. The molecule has 1 atom stereocenters. The second-order valence-corrected chi connectivity index (χ2v) is 11.6. The van der Waals surface area contributed by atoms with Crippen molar-refractivity contribution in [2.24, 2.45) is 5.41 Å². The number of amides is 3. The maximum absolute atomic E-state index is 13.1. The van der Waals surface area contributed by atoms with Gasteiger partial charge in [0.1, 0.15) is 6.04 Å². The van der Waals surface area contributed by atoms with E-state index in [-0.39, 0.29) is 24.1 Å². The summed E-state index contributed by atoms with van der Waals surface area (Å²) in [5.41, 5.74) is 4.93. The lowest BCUT2D eigenvalue weighted by atomic mass is 9.54. The number of nitrogens with one attached hydrogen (secondary N) is 2. The SMILES string of the molecule is O=C1CCC(N2Cc3c(SCc4cccc(CNC5CC6(CCC6)C5)c4)cccc3C2=O)C(=O)N1. The van der Waals surface area contributed by atoms with Crippen LogP contribution in [0.25, 0.3) is 0 Å². The van der Waals surface area contributed by atoms with Crippen molar-refractivity contribution in [2.75, 3.05) is 0 Å². The summed E-state index contributed by atoms with van der Waals surface area (Å²) in [4.78, 5) is 39.6. The summed E-state index contributed by atoms with van der Waals surface area (Å²) in [7, 11) is 0. The Morgan fingerprint density at radius 1 is 1.06 bits per heavy atom. The molecular weight excluding hydrogens is 458 g/mol. The molecule has 3 amide bonds. The van der Waals surface area contributed by atoms with Gasteiger partial charge in [0.2, 0.25) is 11.8 Å². The van der Waals surface area contributed by atoms with E-state index < -0.39 is 6.04 Å². The highest BCUT2D eigenvalue weighted by Crippen LogP contribution is 2.55. The van der Waals surface area contributed by atoms with Crippen molar-refractivity contribution in [1.29, 1.82) is 0 Å². The topological polar surface area (TPSA) is 78.5 Å². The zero-order valence-corrected chi connectivity index (χ0v) is 20.7. The van der Waals surface area contributed by atoms with Gasteiger partial charge in [-0.15, -0.1) is 11.8 Å². The molecule has 35 heavy (non-hydrogen) atoms. The van der Waals surface area contributed by atoms with Crippen LogP contribution in [0.1, 0.15) is 72.0 Å². The molecule has 2 aromatic rings. The molecule has 0 bridgehead atoms. The van der Waals surface area contributed by atoms with Gasteiger partial charge in [0.25, 0.3) is 5.91 Å². The Labute approximate surface area is 210 Å². The number of fused-ring (bicyclic) bond motifs is 1. The quantitative estimate of drug-likeness (QED) is 0.451. The Bertz CT molecular complexity index is 1180. The van der Waals surface area contributed by atoms with Crippen LogP contribution in [0.3, 0.4) is 0 Å². The van der Waals surface area contributed by atoms with Gasteiger partial charge in [-0.1, -0.05) is 36.8 Å². The Kier molecular flexibility index (Phi) is 5.93. The summed E-state index contributed by atoms with van der Waals surface area (Å²) in [6.45, 7) is 1.33. The van der Waals surface area contributed by atoms with Gasteiger partial charge in [0.15, 0.2) is 0 Å². The van der Waals surface area contributed by atoms with E-state index in [0.717, 1.165) is 22.8 Å². The summed E-state index contributed by atoms with van der Waals surface area (Å²) in [5.74, 6) is 0.0687. The van der Waals surface area contributed by atoms with Crippen molar-refractivity contribution in [3.05, 3.63) is 64.7 Å². The van der Waals surface area contributed by atoms with Crippen LogP contribution in [-0.4, -0.2) is 34.7 Å². The molecule has 182 valence electrons. The molecule has 2 aliphatic heterocycles. The van der Waals surface area contributed by atoms with Crippen molar-refractivity contribution < 1.29 is 14.4 Å². The number of carbonyl (C=O) groups excluding carboxylic acids is 3. The number of thioether (sulfide) groups is 1. The van der Waals surface area contributed by atoms with E-state index in [0.29, 0.717) is 30.0 Å². The zero-order valence-electron chi connectivity index (χ0n) is 19.8. The van der Waals surface area contributed by atoms with Gasteiger partial charge in [-0.05, 0) is 66.3 Å². The number of rotatable bonds is 7. The molecule has 3 fully saturated rings. The van der Waals surface area contributed by atoms with Crippen LogP contribution < -0.4 is 10.6 Å². The van der Waals surface area contributed by atoms with Crippen LogP contribution in [0.2, 0.25) is 0 Å². The third-order valence-corrected chi connectivity index (χ3v) is 9.46. The number of hydrogen-bond donors (Lipinski definition) is 2. The largest absolute Gasteiger partial charge is 0.322 e. The van der Waals surface area contributed by atoms with Gasteiger partial charge in [-0.25, -0.2) is 0 Å². The monoisotopic (exact) mass is 489 g/mol. The van der Waals surface area contributed by atoms with Crippen molar-refractivity contribution in [1.82, 2.24) is 15.5 Å². The Morgan fingerprint density at radius 3 is 2.63 bits per heavy atom. The summed E-state index contributed by atoms with van der Waals surface area (Å²) < 4.78 is 0. The molecule has 2 heterocycles. The highest BCUT2D eigenvalue weighted by molar-refractivity contribution is 7.98. The lowest BCUT2D eigenvalue weighted by molar-refractivity contribution is -0.136. The Balaban J connectivity index is 1.08. The van der Waals surface area contributed by atoms with Crippen molar-refractivity contribution >= 4 is 29.5 Å². The average Bonchev–Trinajstić information content (AvgIpc) is 3.13. The van der Waals surface area contributed by atoms with Gasteiger partial charge in [0.05, 0.1) is 0 Å². The van der Waals surface area contributed by atoms with E-state index in [1.54, 1.807) is 16.7 Å². The van der Waals surface area contributed by atoms with Crippen LogP contribution in [-0.2, 0) is 28.4 Å². The van der Waals surface area contributed by atoms with Gasteiger partial charge in [-0.3, -0.25) is 19.7 Å². The maximum Gasteiger partial charge on any atom is 0.255 e. The lowest BCUT2D eigenvalue weighted by Gasteiger charge is -2.54. The molecule has 2 aliphatic carbocycles. The minimum atomic E-state index is -0.579. The van der Waals surface area contributed by atoms with E-state index in [2.05, 4.69) is 41.0 Å². The van der Waals surface area contributed by atoms with Crippen LogP contribution in [0, 0.1) is 5.41 Å². The molecule has 0 radical (unpaired) electrons. The van der Waals surface area contributed by atoms with Gasteiger partial charge in [0, 0.05) is 41.8 Å². The zero-order chi connectivity index (χ0) is 24.0. The number of nitrogens with zero attached hydrogens (tertiary/aromatic N) is 1. The normalized spacial score (nSPS) is 23.1. The second-order valence-electron chi connectivity index (χ2n) is 10.6. The fraction of sp³-hybridized carbons (Fsp3) is 0.464. The van der Waals surface area contributed by atoms with E-state index in [4.69, 9.17) is 0 Å². The van der Waals surface area contributed by atoms with Crippen LogP contribution in [0.5, 0.6) is 0 Å². The third kappa shape index (κ3) is 4.40. The first-order chi connectivity index (χ1) is 17.0. The molecular formula is C28H31N3O3S. The van der Waals surface area contributed by atoms with Crippen molar-refractivity contribution in [3.8, 4) is 0 Å². The fourth-order valence-corrected chi connectivity index (χ4v) is 7.19. The molecule has 1 spiro atoms. The highest BCUT2D eigenvalue weighted by Gasteiger charge is 2.47. The number of benzene rings is 2. The molecule has 1 unspecified atom stereocenters. The first kappa shape index (κ1) is 22.8. The first-order valence-corrected chi connectivity index (χ1v) is 13.7. The summed E-state index contributed by atoms with van der Waals surface area (Å²) >= 11 is 1.74. The van der Waals surface area contributed by atoms with Crippen LogP contribution >= 0.6 is 11.8 Å². The number of imide groups is 1. The summed E-state index contributed by atoms with van der Waals surface area (Å²) in [6.07, 6.45) is 7.61. The Hall–Kier alpha value is -2.64. The smallest absolute Gasteiger partial charge is 0.255 e. The van der Waals surface area contributed by atoms with Crippen LogP contribution in [0.4, 0.5) is 0 Å². The summed E-state index contributed by atoms with van der Waals surface area (Å²) in [6, 6.07) is 14.7. The van der Waals surface area contributed by atoms with E-state index >= 15 is 0 Å². The lowest BCUT2D eigenvalue weighted by Crippen LogP contribution is -2.52. The highest BCUT2D eigenvalue weighted by atomic mass is 32.2. The van der Waals surface area contributed by atoms with Crippen LogP contribution in [0.15, 0.2) is 47.4 Å². The minimum absolute atomic E-state index is 0.121. The number of piperidine rings is 1. The average molecular weight is 490 g/mol. The van der Waals surface area contributed by atoms with Crippen molar-refractivity contribution in [3.63, 3.8) is 0 Å². The molecule has 0 aromatic heterocycles. The molecule has 7 heteroatoms. The minimum Gasteiger partial charge on any atom is -0.322 e. The molecule has 6 rings (SSSR count). The molecule has 2 saturated carbocycles. The second kappa shape index (κ2) is 9.10. The van der Waals surface area contributed by atoms with E-state index in [1.165, 1.54) is 43.2 Å². The maximum atomic E-state index is 13.1. The molecule has 6 nitrogen and oxygen atoms in total. The number of hydrogen-bond acceptors (Lipinski definition) is 5. The van der Waals surface area contributed by atoms with Gasteiger partial charge < -0.3 is 10.2 Å². The van der Waals surface area contributed by atoms with Gasteiger partial charge >= 0.3 is 0 Å². The first-order valence-electron chi connectivity index (χ1n) is 12.7. The number of carbonyl (C=O) groups is 3. The van der Waals surface area contributed by atoms with E-state index in [9.17, 15) is 14.4 Å². The third-order valence-electron chi connectivity index (χ3n) is 8.29. The van der Waals surface area contributed by atoms with Gasteiger partial charge in [-0.2, -0.15) is 0 Å². The standard InChI is InChI=1S/C28H31N3O3S/c32-25-9-8-23(26(33)30-25)31-16-22-21(27(31)34)6-2-7-24(22)35-17-19-5-1-4-18(12-19)15-29-20-13-28(14-20)10-3-11-28/h1-2,4-7,12,20,23,29H,3,8-11,13-17H2,(H,30,32,33). The molecule has 2 N–H and O–H groups in total. The Morgan fingerprint density at radius 2 is 1.86 bits per heavy atom. The fourth-order valence-electron chi connectivity index (χ4n) is 6.16. The predicted octanol–water partition coefficient (Wildman–Crippen LogP) is 4.16. The molecule has 4 aliphatic rings.